The van der Waals surface area contributed by atoms with Crippen molar-refractivity contribution >= 4 is 21.8 Å². The Kier molecular flexibility index (Phi) is 7.48. The molecule has 0 aliphatic rings. The molecule has 0 spiro atoms. The zero-order valence-corrected chi connectivity index (χ0v) is 26.6. The van der Waals surface area contributed by atoms with E-state index >= 15 is 0 Å². The maximum Gasteiger partial charge on any atom is 0.166 e. The molecule has 8 aromatic rings. The monoisotopic (exact) mass is 651 g/mol. The average molecular weight is 652 g/mol. The first-order valence-corrected chi connectivity index (χ1v) is 15.8. The van der Waals surface area contributed by atoms with Gasteiger partial charge < -0.3 is 4.57 Å². The minimum atomic E-state index is -0.119. The summed E-state index contributed by atoms with van der Waals surface area (Å²) >= 11 is 0. The maximum atomic E-state index is 10.8. The molecule has 0 bridgehead atoms. The van der Waals surface area contributed by atoms with E-state index in [4.69, 9.17) is 15.0 Å². The molecule has 0 unspecified atom stereocenters. The van der Waals surface area contributed by atoms with Crippen LogP contribution >= 0.6 is 0 Å². The molecule has 51 heavy (non-hydrogen) atoms. The van der Waals surface area contributed by atoms with Crippen LogP contribution in [-0.4, -0.2) is 24.5 Å². The standard InChI is InChI=1S/C42H21N9/c43-21-31-33(23-45)39(42-49-40(26-11-3-1-4-12-26)48-41(50-42)27-13-5-2-6-14-27)34(24-46)32(22-44)38(31)30-16-8-10-18-36(30)51-35-17-9-7-15-28(35)29-19-20-47-25-37(29)51/h1-20,25H. The van der Waals surface area contributed by atoms with E-state index in [9.17, 15) is 21.0 Å². The summed E-state index contributed by atoms with van der Waals surface area (Å²) in [5.74, 6) is 0.606. The van der Waals surface area contributed by atoms with Crippen LogP contribution in [0.15, 0.2) is 128 Å². The lowest BCUT2D eigenvalue weighted by molar-refractivity contribution is 1.07. The van der Waals surface area contributed by atoms with Crippen LogP contribution in [0.3, 0.4) is 0 Å². The van der Waals surface area contributed by atoms with Crippen LogP contribution in [0.2, 0.25) is 0 Å². The number of pyridine rings is 1. The fourth-order valence-corrected chi connectivity index (χ4v) is 6.57. The zero-order chi connectivity index (χ0) is 34.9. The Morgan fingerprint density at radius 3 is 1.55 bits per heavy atom. The van der Waals surface area contributed by atoms with Crippen molar-refractivity contribution in [2.45, 2.75) is 0 Å². The third-order valence-corrected chi connectivity index (χ3v) is 8.76. The van der Waals surface area contributed by atoms with E-state index in [0.29, 0.717) is 34.0 Å². The van der Waals surface area contributed by atoms with Crippen molar-refractivity contribution in [1.29, 1.82) is 21.0 Å². The Hall–Kier alpha value is -7.98. The van der Waals surface area contributed by atoms with Gasteiger partial charge in [0.15, 0.2) is 17.5 Å². The van der Waals surface area contributed by atoms with Gasteiger partial charge in [-0.2, -0.15) is 21.0 Å². The molecule has 0 saturated carbocycles. The SMILES string of the molecule is N#Cc1c(C#N)c(-c2ccccc2-n2c3ccccc3c3ccncc32)c(C#N)c(C#N)c1-c1nc(-c2ccccc2)nc(-c2ccccc2)n1. The largest absolute Gasteiger partial charge is 0.307 e. The Balaban J connectivity index is 1.46. The Bertz CT molecular complexity index is 2680. The summed E-state index contributed by atoms with van der Waals surface area (Å²) in [5, 5.41) is 45.1. The number of benzene rings is 5. The highest BCUT2D eigenvalue weighted by molar-refractivity contribution is 6.09. The van der Waals surface area contributed by atoms with Crippen molar-refractivity contribution < 1.29 is 0 Å². The van der Waals surface area contributed by atoms with E-state index in [-0.39, 0.29) is 39.2 Å². The summed E-state index contributed by atoms with van der Waals surface area (Å²) in [4.78, 5) is 18.6. The molecule has 0 fully saturated rings. The molecule has 0 aliphatic heterocycles. The number of fused-ring (bicyclic) bond motifs is 3. The van der Waals surface area contributed by atoms with Gasteiger partial charge in [-0.3, -0.25) is 4.98 Å². The predicted octanol–water partition coefficient (Wildman–Crippen LogP) is 8.52. The summed E-state index contributed by atoms with van der Waals surface area (Å²) in [7, 11) is 0. The lowest BCUT2D eigenvalue weighted by Crippen LogP contribution is -2.08. The lowest BCUT2D eigenvalue weighted by Gasteiger charge is -2.19. The predicted molar refractivity (Wildman–Crippen MR) is 193 cm³/mol. The van der Waals surface area contributed by atoms with Gasteiger partial charge in [-0.05, 0) is 18.2 Å². The Morgan fingerprint density at radius 1 is 0.451 bits per heavy atom. The summed E-state index contributed by atoms with van der Waals surface area (Å²) < 4.78 is 2.02. The number of nitriles is 4. The van der Waals surface area contributed by atoms with Gasteiger partial charge in [-0.1, -0.05) is 97.1 Å². The maximum absolute atomic E-state index is 10.8. The van der Waals surface area contributed by atoms with Gasteiger partial charge in [0.25, 0.3) is 0 Å². The molecule has 8 rings (SSSR count). The van der Waals surface area contributed by atoms with E-state index in [0.717, 1.165) is 21.8 Å². The molecule has 5 aromatic carbocycles. The van der Waals surface area contributed by atoms with E-state index < -0.39 is 0 Å². The molecule has 3 heterocycles. The molecule has 9 heteroatoms. The van der Waals surface area contributed by atoms with Gasteiger partial charge in [0.05, 0.1) is 50.7 Å². The minimum absolute atomic E-state index is 0.00267. The second-order valence-electron chi connectivity index (χ2n) is 11.5. The second-order valence-corrected chi connectivity index (χ2v) is 11.5. The Morgan fingerprint density at radius 2 is 0.941 bits per heavy atom. The third-order valence-electron chi connectivity index (χ3n) is 8.76. The number of rotatable bonds is 5. The highest BCUT2D eigenvalue weighted by Gasteiger charge is 2.30. The normalized spacial score (nSPS) is 10.7. The average Bonchev–Trinajstić information content (AvgIpc) is 3.54. The molecule has 0 aliphatic carbocycles. The van der Waals surface area contributed by atoms with Gasteiger partial charge in [-0.25, -0.2) is 15.0 Å². The minimum Gasteiger partial charge on any atom is -0.307 e. The summed E-state index contributed by atoms with van der Waals surface area (Å²) in [6, 6.07) is 44.5. The smallest absolute Gasteiger partial charge is 0.166 e. The molecule has 0 N–H and O–H groups in total. The second kappa shape index (κ2) is 12.6. The first-order chi connectivity index (χ1) is 25.2. The lowest BCUT2D eigenvalue weighted by atomic mass is 9.84. The van der Waals surface area contributed by atoms with Crippen LogP contribution in [0.25, 0.3) is 72.8 Å². The number of aromatic nitrogens is 5. The third kappa shape index (κ3) is 4.91. The molecule has 234 valence electrons. The van der Waals surface area contributed by atoms with Crippen LogP contribution in [-0.2, 0) is 0 Å². The summed E-state index contributed by atoms with van der Waals surface area (Å²) in [6.07, 6.45) is 3.50. The number of nitrogens with zero attached hydrogens (tertiary/aromatic N) is 9. The number of hydrogen-bond acceptors (Lipinski definition) is 8. The molecule has 0 atom stereocenters. The van der Waals surface area contributed by atoms with Gasteiger partial charge in [0, 0.05) is 39.2 Å². The quantitative estimate of drug-likeness (QED) is 0.180. The van der Waals surface area contributed by atoms with Crippen LogP contribution < -0.4 is 0 Å². The highest BCUT2D eigenvalue weighted by atomic mass is 15.0. The number of hydrogen-bond donors (Lipinski definition) is 0. The van der Waals surface area contributed by atoms with Crippen LogP contribution in [0.5, 0.6) is 0 Å². The van der Waals surface area contributed by atoms with Crippen molar-refractivity contribution in [1.82, 2.24) is 24.5 Å². The van der Waals surface area contributed by atoms with Crippen LogP contribution in [0.1, 0.15) is 22.3 Å². The van der Waals surface area contributed by atoms with Crippen molar-refractivity contribution in [3.8, 4) is 75.3 Å². The molecule has 0 saturated heterocycles. The molecular formula is C42H21N9. The van der Waals surface area contributed by atoms with E-state index in [1.165, 1.54) is 0 Å². The first-order valence-electron chi connectivity index (χ1n) is 15.8. The molecular weight excluding hydrogens is 631 g/mol. The summed E-state index contributed by atoms with van der Waals surface area (Å²) in [5.41, 5.74) is 3.97. The van der Waals surface area contributed by atoms with Crippen molar-refractivity contribution in [2.24, 2.45) is 0 Å². The van der Waals surface area contributed by atoms with E-state index in [1.807, 2.05) is 108 Å². The summed E-state index contributed by atoms with van der Waals surface area (Å²) in [6.45, 7) is 0. The van der Waals surface area contributed by atoms with Gasteiger partial charge in [0.1, 0.15) is 24.3 Å². The van der Waals surface area contributed by atoms with Gasteiger partial charge >= 0.3 is 0 Å². The first kappa shape index (κ1) is 30.4. The van der Waals surface area contributed by atoms with Crippen molar-refractivity contribution in [3.05, 3.63) is 150 Å². The molecule has 0 radical (unpaired) electrons. The van der Waals surface area contributed by atoms with Crippen molar-refractivity contribution in [2.75, 3.05) is 0 Å². The van der Waals surface area contributed by atoms with Crippen LogP contribution in [0.4, 0.5) is 0 Å². The fraction of sp³-hybridized carbons (Fsp3) is 0. The molecule has 0 amide bonds. The van der Waals surface area contributed by atoms with E-state index in [1.54, 1.807) is 24.5 Å². The van der Waals surface area contributed by atoms with Gasteiger partial charge in [0.2, 0.25) is 0 Å². The van der Waals surface area contributed by atoms with Crippen molar-refractivity contribution in [3.63, 3.8) is 0 Å². The Labute approximate surface area is 291 Å². The highest BCUT2D eigenvalue weighted by Crippen LogP contribution is 2.43. The van der Waals surface area contributed by atoms with Crippen LogP contribution in [0, 0.1) is 45.3 Å². The molecule has 3 aromatic heterocycles. The fourth-order valence-electron chi connectivity index (χ4n) is 6.57. The number of para-hydroxylation sites is 2. The zero-order valence-electron chi connectivity index (χ0n) is 26.6. The topological polar surface area (TPSA) is 152 Å². The van der Waals surface area contributed by atoms with E-state index in [2.05, 4.69) is 29.3 Å². The van der Waals surface area contributed by atoms with Gasteiger partial charge in [-0.15, -0.1) is 0 Å². The molecule has 9 nitrogen and oxygen atoms in total.